The van der Waals surface area contributed by atoms with E-state index in [9.17, 15) is 0 Å². The van der Waals surface area contributed by atoms with E-state index >= 15 is 0 Å². The van der Waals surface area contributed by atoms with Gasteiger partial charge in [0, 0.05) is 16.3 Å². The number of thiophene rings is 1. The Morgan fingerprint density at radius 2 is 1.24 bits per heavy atom. The average molecular weight is 413 g/mol. The van der Waals surface area contributed by atoms with Crippen LogP contribution in [0, 0.1) is 0 Å². The first kappa shape index (κ1) is 19.8. The van der Waals surface area contributed by atoms with Gasteiger partial charge in [-0.1, -0.05) is 6.08 Å². The van der Waals surface area contributed by atoms with E-state index < -0.39 is 0 Å². The molecule has 29 heavy (non-hydrogen) atoms. The van der Waals surface area contributed by atoms with E-state index in [2.05, 4.69) is 51.0 Å². The molecule has 0 bridgehead atoms. The Morgan fingerprint density at radius 3 is 1.79 bits per heavy atom. The van der Waals surface area contributed by atoms with Crippen molar-refractivity contribution in [3.05, 3.63) is 39.2 Å². The number of nitrogens with one attached hydrogen (secondary N) is 4. The third-order valence-electron chi connectivity index (χ3n) is 7.30. The van der Waals surface area contributed by atoms with Crippen LogP contribution in [0.3, 0.4) is 0 Å². The Kier molecular flexibility index (Phi) is 6.38. The van der Waals surface area contributed by atoms with Crippen LogP contribution in [0.1, 0.15) is 77.2 Å². The molecular formula is C24H36N4S. The molecule has 3 saturated heterocycles. The van der Waals surface area contributed by atoms with Gasteiger partial charge in [0.05, 0.1) is 0 Å². The summed E-state index contributed by atoms with van der Waals surface area (Å²) in [7, 11) is 0. The quantitative estimate of drug-likeness (QED) is 0.610. The van der Waals surface area contributed by atoms with Crippen LogP contribution in [0.5, 0.6) is 0 Å². The van der Waals surface area contributed by atoms with Gasteiger partial charge in [0.2, 0.25) is 0 Å². The van der Waals surface area contributed by atoms with Crippen molar-refractivity contribution in [2.75, 3.05) is 45.8 Å². The first-order valence-corrected chi connectivity index (χ1v) is 12.6. The second-order valence-corrected chi connectivity index (χ2v) is 10.1. The van der Waals surface area contributed by atoms with E-state index in [1.807, 2.05) is 0 Å². The Balaban J connectivity index is 1.63. The van der Waals surface area contributed by atoms with Crippen molar-refractivity contribution in [1.82, 2.24) is 21.3 Å². The van der Waals surface area contributed by atoms with Crippen molar-refractivity contribution in [2.45, 2.75) is 56.3 Å². The van der Waals surface area contributed by atoms with E-state index in [1.165, 1.54) is 83.4 Å². The molecule has 4 aliphatic heterocycles. The highest BCUT2D eigenvalue weighted by Crippen LogP contribution is 2.50. The lowest BCUT2D eigenvalue weighted by Crippen LogP contribution is -2.31. The molecule has 1 aromatic rings. The Bertz CT molecular complexity index is 747. The van der Waals surface area contributed by atoms with Gasteiger partial charge >= 0.3 is 0 Å². The highest BCUT2D eigenvalue weighted by Gasteiger charge is 2.34. The molecule has 5 rings (SSSR count). The normalized spacial score (nSPS) is 25.0. The molecule has 4 N–H and O–H groups in total. The van der Waals surface area contributed by atoms with Gasteiger partial charge in [-0.05, 0) is 125 Å². The maximum Gasteiger partial charge on any atom is 0.0381 e. The summed E-state index contributed by atoms with van der Waals surface area (Å²) < 4.78 is 0. The van der Waals surface area contributed by atoms with Gasteiger partial charge in [-0.3, -0.25) is 0 Å². The summed E-state index contributed by atoms with van der Waals surface area (Å²) in [4.78, 5) is 3.37. The Morgan fingerprint density at radius 1 is 0.690 bits per heavy atom. The fraction of sp³-hybridized carbons (Fsp3) is 0.667. The second-order valence-electron chi connectivity index (χ2n) is 9.10. The summed E-state index contributed by atoms with van der Waals surface area (Å²) in [6, 6.07) is 0. The van der Waals surface area contributed by atoms with Crippen LogP contribution in [0.15, 0.2) is 18.4 Å². The lowest BCUT2D eigenvalue weighted by atomic mass is 9.77. The van der Waals surface area contributed by atoms with Crippen molar-refractivity contribution in [3.8, 4) is 0 Å². The maximum atomic E-state index is 3.61. The first-order chi connectivity index (χ1) is 14.4. The molecule has 0 atom stereocenters. The van der Waals surface area contributed by atoms with Crippen LogP contribution in [-0.4, -0.2) is 45.8 Å². The molecular weight excluding hydrogens is 376 g/mol. The second kappa shape index (κ2) is 9.34. The molecule has 0 radical (unpaired) electrons. The van der Waals surface area contributed by atoms with Gasteiger partial charge in [0.15, 0.2) is 0 Å². The molecule has 158 valence electrons. The Hall–Kier alpha value is -1.14. The fourth-order valence-corrected chi connectivity index (χ4v) is 7.41. The number of dihydropyridines is 1. The van der Waals surface area contributed by atoms with E-state index in [0.717, 1.165) is 24.3 Å². The molecule has 1 aromatic heterocycles. The van der Waals surface area contributed by atoms with E-state index in [0.29, 0.717) is 0 Å². The van der Waals surface area contributed by atoms with Gasteiger partial charge in [0.25, 0.3) is 0 Å². The fourth-order valence-electron chi connectivity index (χ4n) is 5.75. The minimum absolute atomic E-state index is 0.729. The summed E-state index contributed by atoms with van der Waals surface area (Å²) in [6.07, 6.45) is 14.7. The van der Waals surface area contributed by atoms with Crippen molar-refractivity contribution in [2.24, 2.45) is 0 Å². The summed E-state index contributed by atoms with van der Waals surface area (Å²) >= 11 is 2.17. The molecule has 0 spiro atoms. The molecule has 4 nitrogen and oxygen atoms in total. The van der Waals surface area contributed by atoms with Crippen molar-refractivity contribution in [1.29, 1.82) is 0 Å². The summed E-state index contributed by atoms with van der Waals surface area (Å²) in [6.45, 7) is 8.02. The minimum Gasteiger partial charge on any atom is -0.387 e. The minimum atomic E-state index is 0.729. The summed E-state index contributed by atoms with van der Waals surface area (Å²) in [5.74, 6) is 2.24. The molecule has 0 amide bonds. The van der Waals surface area contributed by atoms with E-state index in [-0.39, 0.29) is 0 Å². The van der Waals surface area contributed by atoms with Crippen molar-refractivity contribution < 1.29 is 0 Å². The topological polar surface area (TPSA) is 48.1 Å². The number of allylic oxidation sites excluding steroid dienone is 2. The predicted octanol–water partition coefficient (Wildman–Crippen LogP) is 3.65. The maximum absolute atomic E-state index is 3.61. The van der Waals surface area contributed by atoms with Crippen LogP contribution >= 0.6 is 11.3 Å². The number of piperidine rings is 3. The molecule has 5 heterocycles. The van der Waals surface area contributed by atoms with E-state index in [4.69, 9.17) is 0 Å². The highest BCUT2D eigenvalue weighted by molar-refractivity contribution is 7.13. The van der Waals surface area contributed by atoms with Gasteiger partial charge in [-0.2, -0.15) is 0 Å². The molecule has 0 aromatic carbocycles. The number of hydrogen-bond acceptors (Lipinski definition) is 5. The van der Waals surface area contributed by atoms with Crippen LogP contribution in [0.25, 0.3) is 5.57 Å². The predicted molar refractivity (Wildman–Crippen MR) is 124 cm³/mol. The molecule has 3 fully saturated rings. The number of rotatable bonds is 4. The van der Waals surface area contributed by atoms with Crippen LogP contribution in [0.4, 0.5) is 0 Å². The molecule has 0 saturated carbocycles. The third-order valence-corrected chi connectivity index (χ3v) is 8.73. The number of hydrogen-bond donors (Lipinski definition) is 4. The lowest BCUT2D eigenvalue weighted by Gasteiger charge is -2.31. The van der Waals surface area contributed by atoms with Gasteiger partial charge in [-0.25, -0.2) is 0 Å². The first-order valence-electron chi connectivity index (χ1n) is 11.8. The smallest absolute Gasteiger partial charge is 0.0381 e. The van der Waals surface area contributed by atoms with Gasteiger partial charge in [-0.15, -0.1) is 11.3 Å². The monoisotopic (exact) mass is 412 g/mol. The molecule has 0 unspecified atom stereocenters. The van der Waals surface area contributed by atoms with Crippen molar-refractivity contribution in [3.63, 3.8) is 0 Å². The molecule has 4 aliphatic rings. The Labute approximate surface area is 179 Å². The average Bonchev–Trinajstić information content (AvgIpc) is 3.22. The zero-order valence-corrected chi connectivity index (χ0v) is 18.4. The summed E-state index contributed by atoms with van der Waals surface area (Å²) in [5, 5.41) is 14.1. The van der Waals surface area contributed by atoms with Crippen molar-refractivity contribution >= 4 is 16.9 Å². The molecule has 0 aliphatic carbocycles. The highest BCUT2D eigenvalue weighted by atomic mass is 32.1. The largest absolute Gasteiger partial charge is 0.387 e. The summed E-state index contributed by atoms with van der Waals surface area (Å²) in [5.41, 5.74) is 5.03. The van der Waals surface area contributed by atoms with Crippen LogP contribution < -0.4 is 21.3 Å². The lowest BCUT2D eigenvalue weighted by molar-refractivity contribution is 0.425. The van der Waals surface area contributed by atoms with Crippen LogP contribution in [-0.2, 0) is 0 Å². The molecule has 5 heteroatoms. The van der Waals surface area contributed by atoms with E-state index in [1.54, 1.807) is 20.9 Å². The zero-order chi connectivity index (χ0) is 19.5. The SMILES string of the molecule is C1=CC(c2sc(C3CCNCC3)c(C3CCNCC3)c2C2CCNCC2)=CCN1. The van der Waals surface area contributed by atoms with Gasteiger partial charge in [0.1, 0.15) is 0 Å². The van der Waals surface area contributed by atoms with Gasteiger partial charge < -0.3 is 21.3 Å². The third kappa shape index (κ3) is 4.20. The zero-order valence-electron chi connectivity index (χ0n) is 17.6. The standard InChI is InChI=1S/C24H36N4S/c1-9-25-10-2-17(1)21-22(18-3-11-26-12-4-18)24(20-7-15-28-16-8-20)29-23(21)19-5-13-27-14-6-19/h5-6,13,17-18,20,25-28H,1-4,7-12,14-16H2. The van der Waals surface area contributed by atoms with Crippen LogP contribution in [0.2, 0.25) is 0 Å².